The molecular weight excluding hydrogens is 490 g/mol. The van der Waals surface area contributed by atoms with Crippen LogP contribution in [0.4, 0.5) is 0 Å². The fraction of sp³-hybridized carbons (Fsp3) is 0.160. The lowest BCUT2D eigenvalue weighted by atomic mass is 10.1. The van der Waals surface area contributed by atoms with Gasteiger partial charge in [-0.25, -0.2) is 4.98 Å². The minimum absolute atomic E-state index is 0.132. The molecule has 1 unspecified atom stereocenters. The van der Waals surface area contributed by atoms with Gasteiger partial charge in [-0.1, -0.05) is 45.7 Å². The van der Waals surface area contributed by atoms with Crippen molar-refractivity contribution < 1.29 is 4.79 Å². The summed E-state index contributed by atoms with van der Waals surface area (Å²) >= 11 is 9.63. The number of carbonyl (C=O) groups excluding carboxylic acids is 1. The molecule has 32 heavy (non-hydrogen) atoms. The van der Waals surface area contributed by atoms with Crippen LogP contribution in [0.15, 0.2) is 82.1 Å². The summed E-state index contributed by atoms with van der Waals surface area (Å²) in [4.78, 5) is 33.4. The number of benzene rings is 3. The maximum absolute atomic E-state index is 13.5. The summed E-state index contributed by atoms with van der Waals surface area (Å²) in [5.74, 6) is 0.343. The Morgan fingerprint density at radius 2 is 1.81 bits per heavy atom. The van der Waals surface area contributed by atoms with Crippen LogP contribution in [0.3, 0.4) is 0 Å². The Balaban J connectivity index is 1.90. The predicted molar refractivity (Wildman–Crippen MR) is 132 cm³/mol. The monoisotopic (exact) mass is 509 g/mol. The van der Waals surface area contributed by atoms with Crippen LogP contribution in [0.1, 0.15) is 36.1 Å². The third-order valence-electron chi connectivity index (χ3n) is 5.40. The van der Waals surface area contributed by atoms with E-state index in [-0.39, 0.29) is 11.5 Å². The first-order chi connectivity index (χ1) is 15.4. The summed E-state index contributed by atoms with van der Waals surface area (Å²) in [6.07, 6.45) is 0. The largest absolute Gasteiger partial charge is 0.329 e. The molecule has 0 fully saturated rings. The molecule has 1 heterocycles. The normalized spacial score (nSPS) is 12.0. The van der Waals surface area contributed by atoms with Gasteiger partial charge in [-0.3, -0.25) is 14.2 Å². The zero-order chi connectivity index (χ0) is 22.8. The molecule has 0 spiro atoms. The molecule has 0 saturated carbocycles. The molecule has 4 aromatic rings. The van der Waals surface area contributed by atoms with E-state index in [9.17, 15) is 9.59 Å². The fourth-order valence-corrected chi connectivity index (χ4v) is 4.23. The van der Waals surface area contributed by atoms with Crippen LogP contribution in [0.2, 0.25) is 5.02 Å². The molecule has 1 aromatic heterocycles. The highest BCUT2D eigenvalue weighted by Gasteiger charge is 2.26. The predicted octanol–water partition coefficient (Wildman–Crippen LogP) is 6.02. The Bertz CT molecular complexity index is 1350. The van der Waals surface area contributed by atoms with Crippen molar-refractivity contribution >= 4 is 44.3 Å². The number of nitrogens with zero attached hydrogens (tertiary/aromatic N) is 3. The van der Waals surface area contributed by atoms with Crippen LogP contribution >= 0.6 is 27.5 Å². The molecule has 4 rings (SSSR count). The van der Waals surface area contributed by atoms with E-state index < -0.39 is 6.04 Å². The van der Waals surface area contributed by atoms with E-state index in [0.717, 1.165) is 4.47 Å². The van der Waals surface area contributed by atoms with Gasteiger partial charge in [-0.2, -0.15) is 0 Å². The van der Waals surface area contributed by atoms with Gasteiger partial charge < -0.3 is 4.90 Å². The summed E-state index contributed by atoms with van der Waals surface area (Å²) in [6.45, 7) is 4.25. The first kappa shape index (κ1) is 22.2. The first-order valence-electron chi connectivity index (χ1n) is 10.2. The van der Waals surface area contributed by atoms with Gasteiger partial charge >= 0.3 is 0 Å². The van der Waals surface area contributed by atoms with E-state index >= 15 is 0 Å². The average Bonchev–Trinajstić information content (AvgIpc) is 2.79. The second-order valence-electron chi connectivity index (χ2n) is 7.38. The fourth-order valence-electron chi connectivity index (χ4n) is 3.79. The number of hydrogen-bond acceptors (Lipinski definition) is 3. The first-order valence-corrected chi connectivity index (χ1v) is 11.4. The number of halogens is 2. The second kappa shape index (κ2) is 9.27. The van der Waals surface area contributed by atoms with Gasteiger partial charge in [0.1, 0.15) is 5.82 Å². The highest BCUT2D eigenvalue weighted by molar-refractivity contribution is 9.10. The van der Waals surface area contributed by atoms with Gasteiger partial charge in [0.2, 0.25) is 0 Å². The van der Waals surface area contributed by atoms with E-state index in [4.69, 9.17) is 16.6 Å². The highest BCUT2D eigenvalue weighted by Crippen LogP contribution is 2.25. The molecule has 0 aliphatic carbocycles. The molecule has 3 aromatic carbocycles. The molecule has 0 saturated heterocycles. The Morgan fingerprint density at radius 1 is 1.09 bits per heavy atom. The van der Waals surface area contributed by atoms with Crippen molar-refractivity contribution in [3.05, 3.63) is 104 Å². The molecule has 0 bridgehead atoms. The molecule has 0 radical (unpaired) electrons. The van der Waals surface area contributed by atoms with Crippen molar-refractivity contribution in [1.29, 1.82) is 0 Å². The zero-order valence-electron chi connectivity index (χ0n) is 17.6. The molecule has 5 nitrogen and oxygen atoms in total. The third kappa shape index (κ3) is 4.20. The van der Waals surface area contributed by atoms with E-state index in [1.54, 1.807) is 45.9 Å². The number of carbonyl (C=O) groups is 1. The quantitative estimate of drug-likeness (QED) is 0.330. The number of fused-ring (bicyclic) bond motifs is 1. The molecule has 0 aliphatic rings. The maximum atomic E-state index is 13.5. The summed E-state index contributed by atoms with van der Waals surface area (Å²) in [7, 11) is 0. The molecule has 7 heteroatoms. The minimum Gasteiger partial charge on any atom is -0.329 e. The van der Waals surface area contributed by atoms with Gasteiger partial charge in [-0.15, -0.1) is 0 Å². The molecule has 162 valence electrons. The second-order valence-corrected chi connectivity index (χ2v) is 8.73. The molecule has 1 atom stereocenters. The topological polar surface area (TPSA) is 55.2 Å². The number of amides is 1. The van der Waals surface area contributed by atoms with Crippen LogP contribution < -0.4 is 5.56 Å². The molecule has 0 aliphatic heterocycles. The van der Waals surface area contributed by atoms with E-state index in [1.165, 1.54) is 0 Å². The third-order valence-corrected chi connectivity index (χ3v) is 6.17. The maximum Gasteiger partial charge on any atom is 0.266 e. The van der Waals surface area contributed by atoms with Crippen molar-refractivity contribution in [1.82, 2.24) is 14.5 Å². The Hall–Kier alpha value is -2.96. The number of hydrogen-bond donors (Lipinski definition) is 0. The van der Waals surface area contributed by atoms with Crippen molar-refractivity contribution in [3.63, 3.8) is 0 Å². The lowest BCUT2D eigenvalue weighted by Crippen LogP contribution is -2.37. The van der Waals surface area contributed by atoms with Gasteiger partial charge in [0.25, 0.3) is 11.5 Å². The minimum atomic E-state index is -0.465. The van der Waals surface area contributed by atoms with Gasteiger partial charge in [-0.05, 0) is 68.4 Å². The van der Waals surface area contributed by atoms with Crippen LogP contribution in [-0.4, -0.2) is 26.9 Å². The van der Waals surface area contributed by atoms with Crippen LogP contribution in [0.25, 0.3) is 16.6 Å². The van der Waals surface area contributed by atoms with E-state index in [2.05, 4.69) is 15.9 Å². The standard InChI is InChI=1S/C25H21BrClN3O2/c1-3-29(24(31)17-11-13-18(26)14-12-17)16(2)23-28-22-10-5-4-9-21(22)25(32)30(23)20-8-6-7-19(27)15-20/h4-16H,3H2,1-2H3. The number of rotatable bonds is 5. The summed E-state index contributed by atoms with van der Waals surface area (Å²) < 4.78 is 2.45. The molecule has 0 N–H and O–H groups in total. The van der Waals surface area contributed by atoms with Crippen molar-refractivity contribution in [2.45, 2.75) is 19.9 Å². The van der Waals surface area contributed by atoms with Crippen molar-refractivity contribution in [3.8, 4) is 5.69 Å². The summed E-state index contributed by atoms with van der Waals surface area (Å²) in [5.41, 5.74) is 1.56. The van der Waals surface area contributed by atoms with E-state index in [1.807, 2.05) is 50.2 Å². The SMILES string of the molecule is CCN(C(=O)c1ccc(Br)cc1)C(C)c1nc2ccccc2c(=O)n1-c1cccc(Cl)c1. The average molecular weight is 511 g/mol. The van der Waals surface area contributed by atoms with Crippen molar-refractivity contribution in [2.24, 2.45) is 0 Å². The Labute approximate surface area is 199 Å². The summed E-state index contributed by atoms with van der Waals surface area (Å²) in [6, 6.07) is 21.1. The van der Waals surface area contributed by atoms with Gasteiger partial charge in [0.15, 0.2) is 0 Å². The van der Waals surface area contributed by atoms with Gasteiger partial charge in [0, 0.05) is 21.6 Å². The number of para-hydroxylation sites is 1. The number of aromatic nitrogens is 2. The van der Waals surface area contributed by atoms with Crippen LogP contribution in [-0.2, 0) is 0 Å². The van der Waals surface area contributed by atoms with E-state index in [0.29, 0.717) is 39.5 Å². The smallest absolute Gasteiger partial charge is 0.266 e. The molecular formula is C25H21BrClN3O2. The van der Waals surface area contributed by atoms with Gasteiger partial charge in [0.05, 0.1) is 22.6 Å². The Morgan fingerprint density at radius 3 is 2.50 bits per heavy atom. The zero-order valence-corrected chi connectivity index (χ0v) is 20.0. The van der Waals surface area contributed by atoms with Crippen LogP contribution in [0.5, 0.6) is 0 Å². The lowest BCUT2D eigenvalue weighted by Gasteiger charge is -2.29. The summed E-state index contributed by atoms with van der Waals surface area (Å²) in [5, 5.41) is 1.02. The Kier molecular flexibility index (Phi) is 6.44. The molecule has 1 amide bonds. The van der Waals surface area contributed by atoms with Crippen LogP contribution in [0, 0.1) is 0 Å². The van der Waals surface area contributed by atoms with Crippen molar-refractivity contribution in [2.75, 3.05) is 6.54 Å². The lowest BCUT2D eigenvalue weighted by molar-refractivity contribution is 0.0693. The highest BCUT2D eigenvalue weighted by atomic mass is 79.9.